The number of hydrogen-bond donors (Lipinski definition) is 1. The summed E-state index contributed by atoms with van der Waals surface area (Å²) in [6.07, 6.45) is 1.46. The van der Waals surface area contributed by atoms with Gasteiger partial charge in [-0.25, -0.2) is 9.78 Å². The largest absolute Gasteiger partial charge is 0.477 e. The van der Waals surface area contributed by atoms with E-state index in [2.05, 4.69) is 4.98 Å². The number of pyridine rings is 1. The number of aromatic nitrogens is 1. The van der Waals surface area contributed by atoms with Crippen molar-refractivity contribution < 1.29 is 24.1 Å². The lowest BCUT2D eigenvalue weighted by Crippen LogP contribution is -2.08. The number of carbonyl (C=O) groups is 1. The van der Waals surface area contributed by atoms with Crippen LogP contribution in [0.1, 0.15) is 16.1 Å². The van der Waals surface area contributed by atoms with Gasteiger partial charge in [0.2, 0.25) is 0 Å². The van der Waals surface area contributed by atoms with Gasteiger partial charge >= 0.3 is 5.97 Å². The summed E-state index contributed by atoms with van der Waals surface area (Å²) in [6, 6.07) is 3.21. The van der Waals surface area contributed by atoms with E-state index in [0.29, 0.717) is 33.0 Å². The van der Waals surface area contributed by atoms with Crippen molar-refractivity contribution in [1.29, 1.82) is 0 Å². The number of nitrogens with zero attached hydrogens (tertiary/aromatic N) is 1. The van der Waals surface area contributed by atoms with E-state index in [-0.39, 0.29) is 5.69 Å². The van der Waals surface area contributed by atoms with E-state index in [1.807, 2.05) is 0 Å². The maximum absolute atomic E-state index is 10.7. The first-order valence-electron chi connectivity index (χ1n) is 5.56. The first-order chi connectivity index (χ1) is 8.74. The average molecular weight is 255 g/mol. The summed E-state index contributed by atoms with van der Waals surface area (Å²) in [5.74, 6) is -1.04. The van der Waals surface area contributed by atoms with Crippen molar-refractivity contribution in [3.63, 3.8) is 0 Å². The van der Waals surface area contributed by atoms with Gasteiger partial charge in [-0.05, 0) is 17.7 Å². The molecule has 0 spiro atoms. The first-order valence-corrected chi connectivity index (χ1v) is 5.56. The molecule has 0 atom stereocenters. The predicted molar refractivity (Wildman–Crippen MR) is 63.5 cm³/mol. The van der Waals surface area contributed by atoms with Crippen LogP contribution in [0.15, 0.2) is 18.3 Å². The molecule has 0 aliphatic heterocycles. The molecule has 1 rings (SSSR count). The van der Waals surface area contributed by atoms with Crippen molar-refractivity contribution in [2.24, 2.45) is 0 Å². The van der Waals surface area contributed by atoms with Crippen LogP contribution in [-0.2, 0) is 20.8 Å². The molecule has 0 aliphatic rings. The van der Waals surface area contributed by atoms with Crippen molar-refractivity contribution in [2.75, 3.05) is 33.5 Å². The smallest absolute Gasteiger partial charge is 0.354 e. The average Bonchev–Trinajstić information content (AvgIpc) is 2.38. The number of hydrogen-bond acceptors (Lipinski definition) is 5. The number of carboxylic acids is 1. The third-order valence-electron chi connectivity index (χ3n) is 2.12. The Hall–Kier alpha value is -1.50. The van der Waals surface area contributed by atoms with Gasteiger partial charge in [0.1, 0.15) is 5.69 Å². The Labute approximate surface area is 106 Å². The summed E-state index contributed by atoms with van der Waals surface area (Å²) in [7, 11) is 1.61. The quantitative estimate of drug-likeness (QED) is 0.662. The van der Waals surface area contributed by atoms with Gasteiger partial charge in [0.05, 0.1) is 33.0 Å². The number of rotatable bonds is 9. The monoisotopic (exact) mass is 255 g/mol. The van der Waals surface area contributed by atoms with Gasteiger partial charge in [-0.3, -0.25) is 0 Å². The van der Waals surface area contributed by atoms with E-state index in [4.69, 9.17) is 19.3 Å². The zero-order chi connectivity index (χ0) is 13.2. The van der Waals surface area contributed by atoms with Crippen molar-refractivity contribution in [1.82, 2.24) is 4.98 Å². The van der Waals surface area contributed by atoms with Gasteiger partial charge in [0.25, 0.3) is 0 Å². The lowest BCUT2D eigenvalue weighted by atomic mass is 10.2. The fraction of sp³-hybridized carbons (Fsp3) is 0.500. The lowest BCUT2D eigenvalue weighted by molar-refractivity contribution is 0.0199. The van der Waals surface area contributed by atoms with Crippen LogP contribution in [-0.4, -0.2) is 49.6 Å². The third kappa shape index (κ3) is 5.72. The van der Waals surface area contributed by atoms with E-state index in [9.17, 15) is 4.79 Å². The van der Waals surface area contributed by atoms with E-state index in [0.717, 1.165) is 5.56 Å². The molecule has 6 nitrogen and oxygen atoms in total. The van der Waals surface area contributed by atoms with Gasteiger partial charge in [0.15, 0.2) is 0 Å². The second-order valence-corrected chi connectivity index (χ2v) is 3.51. The molecule has 0 aliphatic carbocycles. The Morgan fingerprint density at radius 1 is 1.28 bits per heavy atom. The molecule has 1 aromatic rings. The Balaban J connectivity index is 2.19. The van der Waals surface area contributed by atoms with E-state index in [1.165, 1.54) is 12.3 Å². The third-order valence-corrected chi connectivity index (χ3v) is 2.12. The second-order valence-electron chi connectivity index (χ2n) is 3.51. The second kappa shape index (κ2) is 8.57. The van der Waals surface area contributed by atoms with Gasteiger partial charge in [-0.1, -0.05) is 0 Å². The molecule has 0 saturated heterocycles. The standard InChI is InChI=1S/C12H17NO5/c1-16-4-5-17-6-7-18-9-10-2-3-13-11(8-10)12(14)15/h2-3,8H,4-7,9H2,1H3,(H,14,15). The normalized spacial score (nSPS) is 10.5. The lowest BCUT2D eigenvalue weighted by Gasteiger charge is -2.06. The number of ether oxygens (including phenoxy) is 3. The van der Waals surface area contributed by atoms with Gasteiger partial charge < -0.3 is 19.3 Å². The summed E-state index contributed by atoms with van der Waals surface area (Å²) < 4.78 is 15.4. The highest BCUT2D eigenvalue weighted by Crippen LogP contribution is 2.03. The van der Waals surface area contributed by atoms with E-state index < -0.39 is 5.97 Å². The molecular formula is C12H17NO5. The van der Waals surface area contributed by atoms with Crippen LogP contribution >= 0.6 is 0 Å². The molecule has 6 heteroatoms. The molecule has 0 unspecified atom stereocenters. The first kappa shape index (κ1) is 14.6. The van der Waals surface area contributed by atoms with Crippen LogP contribution in [0.2, 0.25) is 0 Å². The predicted octanol–water partition coefficient (Wildman–Crippen LogP) is 0.959. The Morgan fingerprint density at radius 2 is 2.00 bits per heavy atom. The summed E-state index contributed by atoms with van der Waals surface area (Å²) in [4.78, 5) is 14.4. The zero-order valence-corrected chi connectivity index (χ0v) is 10.3. The van der Waals surface area contributed by atoms with Crippen molar-refractivity contribution >= 4 is 5.97 Å². The molecule has 1 N–H and O–H groups in total. The number of aromatic carboxylic acids is 1. The van der Waals surface area contributed by atoms with Gasteiger partial charge in [0, 0.05) is 13.3 Å². The van der Waals surface area contributed by atoms with Crippen LogP contribution in [0, 0.1) is 0 Å². The number of carboxylic acid groups (broad SMARTS) is 1. The van der Waals surface area contributed by atoms with Crippen molar-refractivity contribution in [3.8, 4) is 0 Å². The van der Waals surface area contributed by atoms with Crippen molar-refractivity contribution in [2.45, 2.75) is 6.61 Å². The molecular weight excluding hydrogens is 238 g/mol. The summed E-state index contributed by atoms with van der Waals surface area (Å²) >= 11 is 0. The molecule has 0 bridgehead atoms. The molecule has 100 valence electrons. The van der Waals surface area contributed by atoms with E-state index in [1.54, 1.807) is 13.2 Å². The zero-order valence-electron chi connectivity index (χ0n) is 10.3. The highest BCUT2D eigenvalue weighted by atomic mass is 16.5. The maximum Gasteiger partial charge on any atom is 0.354 e. The van der Waals surface area contributed by atoms with Gasteiger partial charge in [-0.15, -0.1) is 0 Å². The molecule has 0 aromatic carbocycles. The maximum atomic E-state index is 10.7. The van der Waals surface area contributed by atoms with Crippen LogP contribution in [0.25, 0.3) is 0 Å². The van der Waals surface area contributed by atoms with Crippen LogP contribution in [0.5, 0.6) is 0 Å². The van der Waals surface area contributed by atoms with Crippen LogP contribution in [0.3, 0.4) is 0 Å². The highest BCUT2D eigenvalue weighted by Gasteiger charge is 2.04. The molecule has 0 amide bonds. The molecule has 1 heterocycles. The Morgan fingerprint density at radius 3 is 2.72 bits per heavy atom. The van der Waals surface area contributed by atoms with Crippen LogP contribution in [0.4, 0.5) is 0 Å². The molecule has 0 fully saturated rings. The summed E-state index contributed by atoms with van der Waals surface area (Å²) in [5, 5.41) is 8.77. The Kier molecular flexibility index (Phi) is 6.93. The fourth-order valence-electron chi connectivity index (χ4n) is 1.23. The number of methoxy groups -OCH3 is 1. The summed E-state index contributed by atoms with van der Waals surface area (Å²) in [6.45, 7) is 2.38. The molecule has 18 heavy (non-hydrogen) atoms. The topological polar surface area (TPSA) is 77.9 Å². The molecule has 0 radical (unpaired) electrons. The Bertz CT molecular complexity index is 369. The molecule has 0 saturated carbocycles. The van der Waals surface area contributed by atoms with Crippen LogP contribution < -0.4 is 0 Å². The van der Waals surface area contributed by atoms with Crippen molar-refractivity contribution in [3.05, 3.63) is 29.6 Å². The minimum atomic E-state index is -1.04. The fourth-order valence-corrected chi connectivity index (χ4v) is 1.23. The minimum Gasteiger partial charge on any atom is -0.477 e. The van der Waals surface area contributed by atoms with Gasteiger partial charge in [-0.2, -0.15) is 0 Å². The van der Waals surface area contributed by atoms with E-state index >= 15 is 0 Å². The molecule has 1 aromatic heterocycles. The minimum absolute atomic E-state index is 0.0208. The highest BCUT2D eigenvalue weighted by molar-refractivity contribution is 5.85. The summed E-state index contributed by atoms with van der Waals surface area (Å²) in [5.41, 5.74) is 0.798. The SMILES string of the molecule is COCCOCCOCc1ccnc(C(=O)O)c1.